The number of Topliss-reactive ketones (excluding diaryl/α,β-unsaturated/α-hetero) is 1. The summed E-state index contributed by atoms with van der Waals surface area (Å²) in [5.74, 6) is 1.09. The first-order valence-electron chi connectivity index (χ1n) is 11.5. The average Bonchev–Trinajstić information content (AvgIpc) is 3.23. The van der Waals surface area contributed by atoms with Crippen LogP contribution in [-0.2, 0) is 17.6 Å². The molecule has 1 atom stereocenters. The zero-order valence-corrected chi connectivity index (χ0v) is 20.3. The monoisotopic (exact) mass is 462 g/mol. The highest BCUT2D eigenvalue weighted by Crippen LogP contribution is 2.40. The maximum absolute atomic E-state index is 12.7. The van der Waals surface area contributed by atoms with Gasteiger partial charge in [-0.3, -0.25) is 4.79 Å². The number of ether oxygens (including phenoxy) is 2. The number of morpholine rings is 1. The zero-order valence-electron chi connectivity index (χ0n) is 19.5. The highest BCUT2D eigenvalue weighted by Gasteiger charge is 2.36. The number of benzene rings is 2. The molecule has 172 valence electrons. The Balaban J connectivity index is 1.39. The summed E-state index contributed by atoms with van der Waals surface area (Å²) in [5, 5.41) is 0.961. The van der Waals surface area contributed by atoms with Crippen LogP contribution < -0.4 is 9.64 Å². The Morgan fingerprint density at radius 2 is 1.94 bits per heavy atom. The molecule has 2 heterocycles. The molecule has 3 aromatic rings. The van der Waals surface area contributed by atoms with Gasteiger partial charge in [0, 0.05) is 13.0 Å². The molecule has 1 aliphatic heterocycles. The fourth-order valence-corrected chi connectivity index (χ4v) is 5.98. The average molecular weight is 463 g/mol. The molecule has 1 saturated heterocycles. The number of fused-ring (bicyclic) bond motifs is 1. The van der Waals surface area contributed by atoms with E-state index in [4.69, 9.17) is 14.5 Å². The van der Waals surface area contributed by atoms with Crippen LogP contribution in [0.25, 0.3) is 11.1 Å². The SMILES string of the molecule is COc1cccc(-c2cccc(C[C@H]3COCCN3c3nc4c(s3)C(=O)CC(C)(C)C4)c2)c1. The summed E-state index contributed by atoms with van der Waals surface area (Å²) in [7, 11) is 1.69. The van der Waals surface area contributed by atoms with Crippen molar-refractivity contribution in [2.24, 2.45) is 5.41 Å². The second kappa shape index (κ2) is 8.92. The predicted octanol–water partition coefficient (Wildman–Crippen LogP) is 5.42. The van der Waals surface area contributed by atoms with Gasteiger partial charge in [-0.05, 0) is 47.1 Å². The van der Waals surface area contributed by atoms with E-state index in [9.17, 15) is 4.79 Å². The number of hydrogen-bond acceptors (Lipinski definition) is 6. The number of nitrogens with zero attached hydrogens (tertiary/aromatic N) is 2. The Morgan fingerprint density at radius 1 is 1.15 bits per heavy atom. The van der Waals surface area contributed by atoms with Crippen molar-refractivity contribution in [3.05, 3.63) is 64.7 Å². The molecule has 6 heteroatoms. The summed E-state index contributed by atoms with van der Waals surface area (Å²) >= 11 is 1.56. The molecule has 2 aliphatic rings. The van der Waals surface area contributed by atoms with Gasteiger partial charge in [-0.2, -0.15) is 0 Å². The van der Waals surface area contributed by atoms with Gasteiger partial charge in [-0.1, -0.05) is 61.6 Å². The molecule has 0 saturated carbocycles. The minimum atomic E-state index is -0.0135. The van der Waals surface area contributed by atoms with Crippen molar-refractivity contribution < 1.29 is 14.3 Å². The van der Waals surface area contributed by atoms with Gasteiger partial charge in [0.05, 0.1) is 36.9 Å². The minimum Gasteiger partial charge on any atom is -0.497 e. The Labute approximate surface area is 199 Å². The summed E-state index contributed by atoms with van der Waals surface area (Å²) in [6.07, 6.45) is 2.33. The first-order valence-corrected chi connectivity index (χ1v) is 12.3. The van der Waals surface area contributed by atoms with Crippen LogP contribution in [0.15, 0.2) is 48.5 Å². The molecule has 0 N–H and O–H groups in total. The van der Waals surface area contributed by atoms with E-state index < -0.39 is 0 Å². The van der Waals surface area contributed by atoms with E-state index in [2.05, 4.69) is 55.1 Å². The van der Waals surface area contributed by atoms with Gasteiger partial charge in [0.1, 0.15) is 5.75 Å². The number of ketones is 1. The molecule has 0 bridgehead atoms. The van der Waals surface area contributed by atoms with Crippen LogP contribution >= 0.6 is 11.3 Å². The van der Waals surface area contributed by atoms with E-state index in [1.165, 1.54) is 11.1 Å². The molecular weight excluding hydrogens is 432 g/mol. The Morgan fingerprint density at radius 3 is 2.76 bits per heavy atom. The first-order chi connectivity index (χ1) is 15.9. The lowest BCUT2D eigenvalue weighted by atomic mass is 9.78. The molecule has 0 radical (unpaired) electrons. The summed E-state index contributed by atoms with van der Waals surface area (Å²) in [6.45, 7) is 6.45. The Bertz CT molecular complexity index is 1170. The molecule has 5 rings (SSSR count). The van der Waals surface area contributed by atoms with Crippen LogP contribution in [-0.4, -0.2) is 43.7 Å². The van der Waals surface area contributed by atoms with Crippen molar-refractivity contribution >= 4 is 22.3 Å². The van der Waals surface area contributed by atoms with Crippen LogP contribution in [0.1, 0.15) is 41.2 Å². The lowest BCUT2D eigenvalue weighted by Crippen LogP contribution is -2.46. The summed E-state index contributed by atoms with van der Waals surface area (Å²) in [4.78, 5) is 20.9. The van der Waals surface area contributed by atoms with Crippen LogP contribution in [0.2, 0.25) is 0 Å². The number of aromatic nitrogens is 1. The van der Waals surface area contributed by atoms with Crippen LogP contribution in [0.3, 0.4) is 0 Å². The van der Waals surface area contributed by atoms with Gasteiger partial charge in [0.15, 0.2) is 10.9 Å². The number of thiazole rings is 1. The van der Waals surface area contributed by atoms with Crippen LogP contribution in [0, 0.1) is 5.41 Å². The lowest BCUT2D eigenvalue weighted by Gasteiger charge is -2.35. The molecule has 33 heavy (non-hydrogen) atoms. The van der Waals surface area contributed by atoms with Crippen LogP contribution in [0.4, 0.5) is 5.13 Å². The maximum atomic E-state index is 12.7. The molecule has 0 spiro atoms. The quantitative estimate of drug-likeness (QED) is 0.507. The van der Waals surface area contributed by atoms with Gasteiger partial charge in [0.2, 0.25) is 0 Å². The third-order valence-electron chi connectivity index (χ3n) is 6.50. The van der Waals surface area contributed by atoms with Gasteiger partial charge in [-0.15, -0.1) is 0 Å². The van der Waals surface area contributed by atoms with E-state index in [1.807, 2.05) is 12.1 Å². The molecule has 5 nitrogen and oxygen atoms in total. The standard InChI is InChI=1S/C27H30N2O3S/c1-27(2)15-23-25(24(30)16-27)33-26(28-23)29-10-11-32-17-21(29)13-18-6-4-7-19(12-18)20-8-5-9-22(14-20)31-3/h4-9,12,14,21H,10-11,13,15-17H2,1-3H3/t21-/m0/s1. The first kappa shape index (κ1) is 22.1. The Hall–Kier alpha value is -2.70. The molecule has 0 unspecified atom stereocenters. The topological polar surface area (TPSA) is 51.7 Å². The fourth-order valence-electron chi connectivity index (χ4n) is 4.86. The van der Waals surface area contributed by atoms with E-state index in [1.54, 1.807) is 18.4 Å². The summed E-state index contributed by atoms with van der Waals surface area (Å²) in [6, 6.07) is 17.0. The van der Waals surface area contributed by atoms with Crippen molar-refractivity contribution in [3.63, 3.8) is 0 Å². The maximum Gasteiger partial charge on any atom is 0.186 e. The molecule has 0 amide bonds. The predicted molar refractivity (Wildman–Crippen MR) is 133 cm³/mol. The lowest BCUT2D eigenvalue weighted by molar-refractivity contribution is 0.0915. The molecule has 1 aromatic heterocycles. The van der Waals surface area contributed by atoms with E-state index >= 15 is 0 Å². The van der Waals surface area contributed by atoms with Crippen molar-refractivity contribution in [2.75, 3.05) is 31.8 Å². The number of methoxy groups -OCH3 is 1. The van der Waals surface area contributed by atoms with Crippen molar-refractivity contribution in [1.82, 2.24) is 4.98 Å². The molecular formula is C27H30N2O3S. The van der Waals surface area contributed by atoms with E-state index in [-0.39, 0.29) is 17.2 Å². The second-order valence-electron chi connectivity index (χ2n) is 9.77. The zero-order chi connectivity index (χ0) is 23.0. The van der Waals surface area contributed by atoms with Crippen molar-refractivity contribution in [2.45, 2.75) is 39.2 Å². The number of carbonyl (C=O) groups is 1. The normalized spacial score (nSPS) is 19.9. The number of anilines is 1. The highest BCUT2D eigenvalue weighted by atomic mass is 32.1. The number of rotatable bonds is 5. The van der Waals surface area contributed by atoms with Crippen molar-refractivity contribution in [3.8, 4) is 16.9 Å². The van der Waals surface area contributed by atoms with Gasteiger partial charge < -0.3 is 14.4 Å². The summed E-state index contributed by atoms with van der Waals surface area (Å²) < 4.78 is 11.3. The van der Waals surface area contributed by atoms with Gasteiger partial charge in [0.25, 0.3) is 0 Å². The fraction of sp³-hybridized carbons (Fsp3) is 0.407. The van der Waals surface area contributed by atoms with E-state index in [0.29, 0.717) is 19.6 Å². The minimum absolute atomic E-state index is 0.0135. The number of hydrogen-bond donors (Lipinski definition) is 0. The summed E-state index contributed by atoms with van der Waals surface area (Å²) in [5.41, 5.74) is 4.53. The third kappa shape index (κ3) is 4.68. The van der Waals surface area contributed by atoms with Gasteiger partial charge >= 0.3 is 0 Å². The third-order valence-corrected chi connectivity index (χ3v) is 7.67. The second-order valence-corrected chi connectivity index (χ2v) is 10.7. The number of carbonyl (C=O) groups excluding carboxylic acids is 1. The largest absolute Gasteiger partial charge is 0.497 e. The van der Waals surface area contributed by atoms with Gasteiger partial charge in [-0.25, -0.2) is 4.98 Å². The van der Waals surface area contributed by atoms with Crippen LogP contribution in [0.5, 0.6) is 5.75 Å². The smallest absolute Gasteiger partial charge is 0.186 e. The molecule has 2 aromatic carbocycles. The van der Waals surface area contributed by atoms with Crippen molar-refractivity contribution in [1.29, 1.82) is 0 Å². The van der Waals surface area contributed by atoms with E-state index in [0.717, 1.165) is 46.4 Å². The molecule has 1 aliphatic carbocycles. The Kier molecular flexibility index (Phi) is 5.97. The molecule has 1 fully saturated rings. The highest BCUT2D eigenvalue weighted by molar-refractivity contribution is 7.17.